The zero-order chi connectivity index (χ0) is 10.6. The number of carbonyl (C=O) groups is 2. The molecule has 0 amide bonds. The second-order valence-corrected chi connectivity index (χ2v) is 4.05. The number of hydrogen-bond acceptors (Lipinski definition) is 4. The molecule has 4 nitrogen and oxygen atoms in total. The second-order valence-electron chi connectivity index (χ2n) is 4.05. The molecular formula is C9H17NO3. The molecule has 2 N–H and O–H groups in total. The first-order chi connectivity index (χ1) is 5.72. The van der Waals surface area contributed by atoms with Gasteiger partial charge in [0.2, 0.25) is 0 Å². The third kappa shape index (κ3) is 6.28. The predicted octanol–water partition coefficient (Wildman–Crippen LogP) is 0.634. The van der Waals surface area contributed by atoms with Gasteiger partial charge in [0, 0.05) is 6.42 Å². The van der Waals surface area contributed by atoms with Crippen molar-refractivity contribution in [3.8, 4) is 0 Å². The largest absolute Gasteiger partial charge is 0.459 e. The first-order valence-electron chi connectivity index (χ1n) is 4.20. The zero-order valence-corrected chi connectivity index (χ0v) is 8.59. The highest BCUT2D eigenvalue weighted by atomic mass is 16.6. The molecule has 4 heteroatoms. The molecule has 0 aliphatic rings. The number of nitrogens with two attached hydrogens (primary N) is 1. The third-order valence-electron chi connectivity index (χ3n) is 1.22. The normalized spacial score (nSPS) is 13.6. The number of ether oxygens (including phenoxy) is 1. The Morgan fingerprint density at radius 1 is 1.38 bits per heavy atom. The summed E-state index contributed by atoms with van der Waals surface area (Å²) in [7, 11) is 0. The van der Waals surface area contributed by atoms with Crippen LogP contribution in [0.1, 0.15) is 34.1 Å². The van der Waals surface area contributed by atoms with Gasteiger partial charge in [0.25, 0.3) is 0 Å². The minimum Gasteiger partial charge on any atom is -0.459 e. The van der Waals surface area contributed by atoms with Crippen molar-refractivity contribution in [2.75, 3.05) is 0 Å². The Hall–Kier alpha value is -0.900. The Balaban J connectivity index is 4.05. The fourth-order valence-electron chi connectivity index (χ4n) is 0.770. The van der Waals surface area contributed by atoms with E-state index in [1.54, 1.807) is 20.8 Å². The standard InChI is InChI=1S/C9H17NO3/c1-6(11)5-7(10)8(12)13-9(2,3)4/h7H,5,10H2,1-4H3. The van der Waals surface area contributed by atoms with Crippen LogP contribution in [-0.4, -0.2) is 23.4 Å². The molecule has 0 radical (unpaired) electrons. The van der Waals surface area contributed by atoms with E-state index in [0.717, 1.165) is 0 Å². The summed E-state index contributed by atoms with van der Waals surface area (Å²) in [5, 5.41) is 0. The van der Waals surface area contributed by atoms with Crippen LogP contribution in [0.3, 0.4) is 0 Å². The maximum absolute atomic E-state index is 11.2. The molecular weight excluding hydrogens is 170 g/mol. The lowest BCUT2D eigenvalue weighted by molar-refractivity contribution is -0.157. The van der Waals surface area contributed by atoms with Crippen molar-refractivity contribution in [2.24, 2.45) is 5.73 Å². The van der Waals surface area contributed by atoms with Crippen molar-refractivity contribution in [2.45, 2.75) is 45.8 Å². The first-order valence-corrected chi connectivity index (χ1v) is 4.20. The van der Waals surface area contributed by atoms with E-state index in [9.17, 15) is 9.59 Å². The molecule has 0 saturated heterocycles. The van der Waals surface area contributed by atoms with Crippen molar-refractivity contribution in [3.63, 3.8) is 0 Å². The fourth-order valence-corrected chi connectivity index (χ4v) is 0.770. The van der Waals surface area contributed by atoms with Crippen LogP contribution < -0.4 is 5.73 Å². The highest BCUT2D eigenvalue weighted by Crippen LogP contribution is 2.08. The SMILES string of the molecule is CC(=O)CC(N)C(=O)OC(C)(C)C. The maximum Gasteiger partial charge on any atom is 0.323 e. The lowest BCUT2D eigenvalue weighted by Crippen LogP contribution is -2.38. The number of Topliss-reactive ketones (excluding diaryl/α,β-unsaturated/α-hetero) is 1. The number of carbonyl (C=O) groups excluding carboxylic acids is 2. The molecule has 0 heterocycles. The Morgan fingerprint density at radius 3 is 2.15 bits per heavy atom. The topological polar surface area (TPSA) is 69.4 Å². The summed E-state index contributed by atoms with van der Waals surface area (Å²) in [5.74, 6) is -0.638. The van der Waals surface area contributed by atoms with Crippen LogP contribution in [0.15, 0.2) is 0 Å². The summed E-state index contributed by atoms with van der Waals surface area (Å²) in [5.41, 5.74) is 4.88. The molecule has 0 aromatic carbocycles. The zero-order valence-electron chi connectivity index (χ0n) is 8.59. The lowest BCUT2D eigenvalue weighted by Gasteiger charge is -2.21. The summed E-state index contributed by atoms with van der Waals surface area (Å²) in [6.45, 7) is 6.66. The van der Waals surface area contributed by atoms with Crippen LogP contribution in [0, 0.1) is 0 Å². The van der Waals surface area contributed by atoms with E-state index in [-0.39, 0.29) is 12.2 Å². The van der Waals surface area contributed by atoms with E-state index >= 15 is 0 Å². The van der Waals surface area contributed by atoms with Crippen LogP contribution in [0.5, 0.6) is 0 Å². The van der Waals surface area contributed by atoms with E-state index in [1.165, 1.54) is 6.92 Å². The molecule has 0 aromatic rings. The van der Waals surface area contributed by atoms with Gasteiger partial charge >= 0.3 is 5.97 Å². The Morgan fingerprint density at radius 2 is 1.85 bits per heavy atom. The number of ketones is 1. The quantitative estimate of drug-likeness (QED) is 0.658. The molecule has 0 spiro atoms. The second kappa shape index (κ2) is 4.37. The summed E-state index contributed by atoms with van der Waals surface area (Å²) in [6, 6.07) is -0.836. The molecule has 0 aliphatic heterocycles. The Labute approximate surface area is 78.4 Å². The van der Waals surface area contributed by atoms with Gasteiger partial charge < -0.3 is 10.5 Å². The van der Waals surface area contributed by atoms with E-state index < -0.39 is 17.6 Å². The summed E-state index contributed by atoms with van der Waals surface area (Å²) in [6.07, 6.45) is 0.0366. The molecule has 0 aromatic heterocycles. The minimum atomic E-state index is -0.836. The average molecular weight is 187 g/mol. The van der Waals surface area contributed by atoms with Crippen LogP contribution >= 0.6 is 0 Å². The van der Waals surface area contributed by atoms with Gasteiger partial charge in [0.05, 0.1) is 0 Å². The monoisotopic (exact) mass is 187 g/mol. The molecule has 76 valence electrons. The molecule has 13 heavy (non-hydrogen) atoms. The van der Waals surface area contributed by atoms with Gasteiger partial charge in [0.15, 0.2) is 0 Å². The van der Waals surface area contributed by atoms with Crippen LogP contribution in [0.2, 0.25) is 0 Å². The Kier molecular flexibility index (Phi) is 4.07. The van der Waals surface area contributed by atoms with Gasteiger partial charge in [-0.15, -0.1) is 0 Å². The van der Waals surface area contributed by atoms with Gasteiger partial charge in [-0.3, -0.25) is 9.59 Å². The van der Waals surface area contributed by atoms with Gasteiger partial charge in [-0.2, -0.15) is 0 Å². The fraction of sp³-hybridized carbons (Fsp3) is 0.778. The maximum atomic E-state index is 11.2. The summed E-state index contributed by atoms with van der Waals surface area (Å²) < 4.78 is 4.98. The van der Waals surface area contributed by atoms with Crippen molar-refractivity contribution in [3.05, 3.63) is 0 Å². The average Bonchev–Trinajstić information content (AvgIpc) is 1.81. The minimum absolute atomic E-state index is 0.0366. The van der Waals surface area contributed by atoms with Crippen molar-refractivity contribution in [1.29, 1.82) is 0 Å². The Bertz CT molecular complexity index is 205. The predicted molar refractivity (Wildman–Crippen MR) is 49.1 cm³/mol. The van der Waals surface area contributed by atoms with Gasteiger partial charge in [-0.05, 0) is 27.7 Å². The number of esters is 1. The van der Waals surface area contributed by atoms with Gasteiger partial charge in [-0.1, -0.05) is 0 Å². The van der Waals surface area contributed by atoms with Crippen LogP contribution in [0.25, 0.3) is 0 Å². The lowest BCUT2D eigenvalue weighted by atomic mass is 10.1. The molecule has 0 rings (SSSR count). The number of rotatable bonds is 3. The van der Waals surface area contributed by atoms with Gasteiger partial charge in [0.1, 0.15) is 17.4 Å². The molecule has 0 aliphatic carbocycles. The van der Waals surface area contributed by atoms with E-state index in [2.05, 4.69) is 0 Å². The number of hydrogen-bond donors (Lipinski definition) is 1. The molecule has 1 unspecified atom stereocenters. The molecule has 0 saturated carbocycles. The van der Waals surface area contributed by atoms with Crippen molar-refractivity contribution >= 4 is 11.8 Å². The van der Waals surface area contributed by atoms with E-state index in [4.69, 9.17) is 10.5 Å². The van der Waals surface area contributed by atoms with Crippen molar-refractivity contribution in [1.82, 2.24) is 0 Å². The molecule has 1 atom stereocenters. The van der Waals surface area contributed by atoms with Crippen molar-refractivity contribution < 1.29 is 14.3 Å². The smallest absolute Gasteiger partial charge is 0.323 e. The molecule has 0 bridgehead atoms. The summed E-state index contributed by atoms with van der Waals surface area (Å²) >= 11 is 0. The highest BCUT2D eigenvalue weighted by molar-refractivity contribution is 5.85. The van der Waals surface area contributed by atoms with Crippen LogP contribution in [0.4, 0.5) is 0 Å². The van der Waals surface area contributed by atoms with Gasteiger partial charge in [-0.25, -0.2) is 0 Å². The third-order valence-corrected chi connectivity index (χ3v) is 1.22. The van der Waals surface area contributed by atoms with Crippen LogP contribution in [-0.2, 0) is 14.3 Å². The highest BCUT2D eigenvalue weighted by Gasteiger charge is 2.22. The molecule has 0 fully saturated rings. The van der Waals surface area contributed by atoms with E-state index in [0.29, 0.717) is 0 Å². The first kappa shape index (κ1) is 12.1. The summed E-state index contributed by atoms with van der Waals surface area (Å²) in [4.78, 5) is 21.8. The van der Waals surface area contributed by atoms with E-state index in [1.807, 2.05) is 0 Å².